The highest BCUT2D eigenvalue weighted by atomic mass is 15.4. The number of aromatic nitrogens is 1. The molecule has 2 aliphatic heterocycles. The topological polar surface area (TPSA) is 19.4 Å². The first-order valence-electron chi connectivity index (χ1n) is 7.37. The Labute approximate surface area is 115 Å². The first-order chi connectivity index (χ1) is 9.22. The molecule has 2 atom stereocenters. The highest BCUT2D eigenvalue weighted by Gasteiger charge is 2.44. The van der Waals surface area contributed by atoms with Crippen molar-refractivity contribution >= 4 is 5.70 Å². The summed E-state index contributed by atoms with van der Waals surface area (Å²) in [5.74, 6) is 0. The van der Waals surface area contributed by atoms with Crippen LogP contribution in [0.15, 0.2) is 24.9 Å². The predicted molar refractivity (Wildman–Crippen MR) is 78.8 cm³/mol. The average molecular weight is 257 g/mol. The van der Waals surface area contributed by atoms with Crippen LogP contribution in [-0.2, 0) is 6.42 Å². The van der Waals surface area contributed by atoms with Crippen molar-refractivity contribution < 1.29 is 0 Å². The minimum absolute atomic E-state index is 0.664. The van der Waals surface area contributed by atoms with E-state index < -0.39 is 0 Å². The monoisotopic (exact) mass is 257 g/mol. The highest BCUT2D eigenvalue weighted by Crippen LogP contribution is 2.38. The Bertz CT molecular complexity index is 453. The van der Waals surface area contributed by atoms with Crippen LogP contribution in [0.25, 0.3) is 5.70 Å². The van der Waals surface area contributed by atoms with Crippen molar-refractivity contribution in [3.8, 4) is 0 Å². The van der Waals surface area contributed by atoms with E-state index in [1.165, 1.54) is 31.6 Å². The van der Waals surface area contributed by atoms with E-state index in [0.717, 1.165) is 17.8 Å². The maximum Gasteiger partial charge on any atom is 0.0440 e. The van der Waals surface area contributed by atoms with Crippen molar-refractivity contribution in [3.05, 3.63) is 36.2 Å². The fourth-order valence-corrected chi connectivity index (χ4v) is 3.35. The number of pyridine rings is 1. The van der Waals surface area contributed by atoms with Crippen LogP contribution < -0.4 is 0 Å². The Morgan fingerprint density at radius 2 is 2.05 bits per heavy atom. The normalized spacial score (nSPS) is 26.1. The Kier molecular flexibility index (Phi) is 3.31. The third kappa shape index (κ3) is 2.16. The van der Waals surface area contributed by atoms with Crippen LogP contribution in [-0.4, -0.2) is 46.5 Å². The van der Waals surface area contributed by atoms with Crippen LogP contribution in [0.2, 0.25) is 0 Å². The zero-order chi connectivity index (χ0) is 13.4. The molecule has 0 aliphatic carbocycles. The molecule has 0 amide bonds. The van der Waals surface area contributed by atoms with Gasteiger partial charge < -0.3 is 4.90 Å². The maximum absolute atomic E-state index is 4.49. The van der Waals surface area contributed by atoms with Gasteiger partial charge >= 0.3 is 0 Å². The highest BCUT2D eigenvalue weighted by molar-refractivity contribution is 5.63. The van der Waals surface area contributed by atoms with Crippen molar-refractivity contribution in [3.63, 3.8) is 0 Å². The van der Waals surface area contributed by atoms with Gasteiger partial charge in [-0.2, -0.15) is 0 Å². The van der Waals surface area contributed by atoms with Crippen molar-refractivity contribution in [2.45, 2.75) is 38.8 Å². The molecule has 19 heavy (non-hydrogen) atoms. The standard InChI is InChI=1S/C16H23N3/c1-4-14-7-6-13(9-17-14)12(3)19-15-8-16(19)11-18(5-2)10-15/h6-7,9,15-16H,3-5,8,10-11H2,1-2H3. The number of hydrogen-bond acceptors (Lipinski definition) is 3. The van der Waals surface area contributed by atoms with Crippen molar-refractivity contribution in [2.75, 3.05) is 19.6 Å². The second-order valence-corrected chi connectivity index (χ2v) is 5.64. The summed E-state index contributed by atoms with van der Waals surface area (Å²) in [6.07, 6.45) is 4.30. The lowest BCUT2D eigenvalue weighted by Crippen LogP contribution is -2.67. The molecule has 0 radical (unpaired) electrons. The van der Waals surface area contributed by atoms with Gasteiger partial charge in [-0.05, 0) is 31.5 Å². The molecule has 3 rings (SSSR count). The molecule has 2 saturated heterocycles. The fraction of sp³-hybridized carbons (Fsp3) is 0.562. The Balaban J connectivity index is 1.71. The van der Waals surface area contributed by atoms with Gasteiger partial charge in [0.15, 0.2) is 0 Å². The molecule has 2 fully saturated rings. The fourth-order valence-electron chi connectivity index (χ4n) is 3.35. The molecule has 102 valence electrons. The van der Waals surface area contributed by atoms with Crippen LogP contribution in [0.3, 0.4) is 0 Å². The molecule has 3 nitrogen and oxygen atoms in total. The van der Waals surface area contributed by atoms with Crippen LogP contribution in [0.1, 0.15) is 31.5 Å². The van der Waals surface area contributed by atoms with Crippen molar-refractivity contribution in [1.82, 2.24) is 14.8 Å². The number of piperazine rings is 1. The third-order valence-corrected chi connectivity index (χ3v) is 4.55. The van der Waals surface area contributed by atoms with Crippen molar-refractivity contribution in [2.24, 2.45) is 0 Å². The first kappa shape index (κ1) is 12.7. The van der Waals surface area contributed by atoms with E-state index >= 15 is 0 Å². The van der Waals surface area contributed by atoms with Gasteiger partial charge in [0.05, 0.1) is 0 Å². The molecule has 2 bridgehead atoms. The smallest absolute Gasteiger partial charge is 0.0440 e. The molecule has 2 aliphatic rings. The Morgan fingerprint density at radius 3 is 2.58 bits per heavy atom. The number of likely N-dealkylation sites (tertiary alicyclic amines) is 2. The number of nitrogens with zero attached hydrogens (tertiary/aromatic N) is 3. The Morgan fingerprint density at radius 1 is 1.32 bits per heavy atom. The number of fused-ring (bicyclic) bond motifs is 2. The lowest BCUT2D eigenvalue weighted by Gasteiger charge is -2.58. The summed E-state index contributed by atoms with van der Waals surface area (Å²) in [7, 11) is 0. The van der Waals surface area contributed by atoms with Crippen LogP contribution >= 0.6 is 0 Å². The lowest BCUT2D eigenvalue weighted by molar-refractivity contribution is -0.0232. The van der Waals surface area contributed by atoms with Gasteiger partial charge in [0.2, 0.25) is 0 Å². The van der Waals surface area contributed by atoms with Crippen molar-refractivity contribution in [1.29, 1.82) is 0 Å². The summed E-state index contributed by atoms with van der Waals surface area (Å²) in [4.78, 5) is 9.54. The van der Waals surface area contributed by atoms with Gasteiger partial charge in [0.1, 0.15) is 0 Å². The minimum Gasteiger partial charge on any atom is -0.363 e. The quantitative estimate of drug-likeness (QED) is 0.825. The zero-order valence-corrected chi connectivity index (χ0v) is 12.0. The van der Waals surface area contributed by atoms with Gasteiger partial charge in [0, 0.05) is 48.3 Å². The van der Waals surface area contributed by atoms with E-state index in [4.69, 9.17) is 0 Å². The van der Waals surface area contributed by atoms with Gasteiger partial charge in [-0.25, -0.2) is 0 Å². The summed E-state index contributed by atoms with van der Waals surface area (Å²) >= 11 is 0. The molecule has 1 aromatic heterocycles. The van der Waals surface area contributed by atoms with Crippen LogP contribution in [0.4, 0.5) is 0 Å². The van der Waals surface area contributed by atoms with E-state index in [1.807, 2.05) is 6.20 Å². The van der Waals surface area contributed by atoms with E-state index in [-0.39, 0.29) is 0 Å². The summed E-state index contributed by atoms with van der Waals surface area (Å²) in [5, 5.41) is 0. The average Bonchev–Trinajstić information content (AvgIpc) is 2.47. The molecule has 0 N–H and O–H groups in total. The largest absolute Gasteiger partial charge is 0.363 e. The molecule has 1 aromatic rings. The molecular weight excluding hydrogens is 234 g/mol. The molecular formula is C16H23N3. The summed E-state index contributed by atoms with van der Waals surface area (Å²) < 4.78 is 0. The molecule has 2 unspecified atom stereocenters. The molecule has 3 heteroatoms. The van der Waals surface area contributed by atoms with E-state index in [1.54, 1.807) is 0 Å². The first-order valence-corrected chi connectivity index (χ1v) is 7.37. The van der Waals surface area contributed by atoms with Gasteiger partial charge in [-0.1, -0.05) is 20.4 Å². The second kappa shape index (κ2) is 4.97. The second-order valence-electron chi connectivity index (χ2n) is 5.64. The lowest BCUT2D eigenvalue weighted by atomic mass is 9.86. The van der Waals surface area contributed by atoms with E-state index in [2.05, 4.69) is 47.3 Å². The molecule has 3 heterocycles. The predicted octanol–water partition coefficient (Wildman–Crippen LogP) is 2.39. The minimum atomic E-state index is 0.664. The number of aryl methyl sites for hydroxylation is 1. The molecule has 0 aromatic carbocycles. The Hall–Kier alpha value is -1.35. The SMILES string of the molecule is C=C(c1ccc(CC)nc1)N1C2CC1CN(CC)C2. The molecule has 0 spiro atoms. The zero-order valence-electron chi connectivity index (χ0n) is 12.0. The van der Waals surface area contributed by atoms with E-state index in [0.29, 0.717) is 12.1 Å². The summed E-state index contributed by atoms with van der Waals surface area (Å²) in [5.41, 5.74) is 3.49. The number of likely N-dealkylation sites (N-methyl/N-ethyl adjacent to an activating group) is 1. The van der Waals surface area contributed by atoms with Gasteiger partial charge in [-0.3, -0.25) is 9.88 Å². The summed E-state index contributed by atoms with van der Waals surface area (Å²) in [6, 6.07) is 5.61. The molecule has 0 saturated carbocycles. The van der Waals surface area contributed by atoms with Gasteiger partial charge in [-0.15, -0.1) is 0 Å². The third-order valence-electron chi connectivity index (χ3n) is 4.55. The van der Waals surface area contributed by atoms with Gasteiger partial charge in [0.25, 0.3) is 0 Å². The van der Waals surface area contributed by atoms with Crippen LogP contribution in [0.5, 0.6) is 0 Å². The van der Waals surface area contributed by atoms with E-state index in [9.17, 15) is 0 Å². The summed E-state index contributed by atoms with van der Waals surface area (Å²) in [6.45, 7) is 12.2. The number of piperidine rings is 1. The number of rotatable bonds is 4. The number of hydrogen-bond donors (Lipinski definition) is 0. The van der Waals surface area contributed by atoms with Crippen LogP contribution in [0, 0.1) is 0 Å². The maximum atomic E-state index is 4.49.